The first-order chi connectivity index (χ1) is 11.1. The van der Waals surface area contributed by atoms with Crippen molar-refractivity contribution < 1.29 is 4.79 Å². The molecule has 3 rings (SSSR count). The van der Waals surface area contributed by atoms with Gasteiger partial charge in [-0.25, -0.2) is 4.98 Å². The zero-order valence-corrected chi connectivity index (χ0v) is 14.5. The van der Waals surface area contributed by atoms with Crippen LogP contribution in [0.5, 0.6) is 0 Å². The number of carbonyl (C=O) groups is 1. The number of nitrogens with two attached hydrogens (primary N) is 1. The number of nitrogens with zero attached hydrogens (tertiary/aromatic N) is 2. The molecule has 0 bridgehead atoms. The maximum Gasteiger partial charge on any atom is 0.265 e. The summed E-state index contributed by atoms with van der Waals surface area (Å²) in [6.07, 6.45) is 1.99. The monoisotopic (exact) mass is 329 g/mol. The third kappa shape index (κ3) is 3.46. The van der Waals surface area contributed by atoms with Crippen molar-refractivity contribution in [3.05, 3.63) is 40.9 Å². The molecule has 1 atom stereocenters. The summed E-state index contributed by atoms with van der Waals surface area (Å²) in [6.45, 7) is 5.57. The SMILES string of the molecule is Cc1nc(-c2ccccc2)sc1C(=O)N1CCC(C(C)N)CC1. The number of likely N-dealkylation sites (tertiary alicyclic amines) is 1. The number of hydrogen-bond acceptors (Lipinski definition) is 4. The summed E-state index contributed by atoms with van der Waals surface area (Å²) in [4.78, 5) is 20.1. The van der Waals surface area contributed by atoms with Gasteiger partial charge in [0.1, 0.15) is 9.88 Å². The number of thiazole rings is 1. The van der Waals surface area contributed by atoms with Crippen molar-refractivity contribution in [3.8, 4) is 10.6 Å². The van der Waals surface area contributed by atoms with Crippen LogP contribution >= 0.6 is 11.3 Å². The van der Waals surface area contributed by atoms with E-state index in [1.165, 1.54) is 11.3 Å². The molecule has 1 saturated heterocycles. The molecular weight excluding hydrogens is 306 g/mol. The van der Waals surface area contributed by atoms with Crippen molar-refractivity contribution in [3.63, 3.8) is 0 Å². The van der Waals surface area contributed by atoms with Crippen LogP contribution in [-0.4, -0.2) is 34.9 Å². The normalized spacial score (nSPS) is 17.3. The first-order valence-corrected chi connectivity index (χ1v) is 8.95. The molecule has 1 amide bonds. The summed E-state index contributed by atoms with van der Waals surface area (Å²) >= 11 is 1.49. The van der Waals surface area contributed by atoms with Gasteiger partial charge in [0.15, 0.2) is 0 Å². The Morgan fingerprint density at radius 1 is 1.30 bits per heavy atom. The number of rotatable bonds is 3. The first-order valence-electron chi connectivity index (χ1n) is 8.14. The summed E-state index contributed by atoms with van der Waals surface area (Å²) in [6, 6.07) is 10.2. The summed E-state index contributed by atoms with van der Waals surface area (Å²) < 4.78 is 0. The fourth-order valence-electron chi connectivity index (χ4n) is 3.07. The van der Waals surface area contributed by atoms with Crippen molar-refractivity contribution >= 4 is 17.2 Å². The van der Waals surface area contributed by atoms with E-state index in [1.54, 1.807) is 0 Å². The van der Waals surface area contributed by atoms with Crippen LogP contribution < -0.4 is 5.73 Å². The standard InChI is InChI=1S/C18H23N3OS/c1-12(19)14-8-10-21(11-9-14)18(22)16-13(2)20-17(23-16)15-6-4-3-5-7-15/h3-7,12,14H,8-11,19H2,1-2H3. The molecule has 23 heavy (non-hydrogen) atoms. The van der Waals surface area contributed by atoms with Crippen LogP contribution in [0, 0.1) is 12.8 Å². The Kier molecular flexibility index (Phi) is 4.78. The molecule has 0 saturated carbocycles. The molecular formula is C18H23N3OS. The number of benzene rings is 1. The van der Waals surface area contributed by atoms with E-state index in [0.717, 1.165) is 47.1 Å². The van der Waals surface area contributed by atoms with Crippen molar-refractivity contribution in [2.75, 3.05) is 13.1 Å². The predicted molar refractivity (Wildman–Crippen MR) is 94.6 cm³/mol. The molecule has 2 aromatic rings. The van der Waals surface area contributed by atoms with Crippen LogP contribution in [0.4, 0.5) is 0 Å². The first kappa shape index (κ1) is 16.1. The maximum absolute atomic E-state index is 12.8. The summed E-state index contributed by atoms with van der Waals surface area (Å²) in [5.74, 6) is 0.645. The van der Waals surface area contributed by atoms with Gasteiger partial charge in [0, 0.05) is 24.7 Å². The fraction of sp³-hybridized carbons (Fsp3) is 0.444. The Balaban J connectivity index is 1.75. The van der Waals surface area contributed by atoms with Crippen LogP contribution in [-0.2, 0) is 0 Å². The zero-order valence-electron chi connectivity index (χ0n) is 13.7. The molecule has 1 aliphatic heterocycles. The molecule has 4 nitrogen and oxygen atoms in total. The number of carbonyl (C=O) groups excluding carboxylic acids is 1. The van der Waals surface area contributed by atoms with E-state index in [1.807, 2.05) is 42.2 Å². The molecule has 0 aliphatic carbocycles. The minimum atomic E-state index is 0.116. The molecule has 2 heterocycles. The number of piperidine rings is 1. The van der Waals surface area contributed by atoms with Gasteiger partial charge in [-0.1, -0.05) is 30.3 Å². The molecule has 122 valence electrons. The van der Waals surface area contributed by atoms with Crippen molar-refractivity contribution in [2.45, 2.75) is 32.7 Å². The van der Waals surface area contributed by atoms with Gasteiger partial charge in [0.2, 0.25) is 0 Å². The van der Waals surface area contributed by atoms with Crippen LogP contribution in [0.1, 0.15) is 35.1 Å². The highest BCUT2D eigenvalue weighted by Gasteiger charge is 2.27. The van der Waals surface area contributed by atoms with E-state index in [4.69, 9.17) is 5.73 Å². The number of aromatic nitrogens is 1. The number of aryl methyl sites for hydroxylation is 1. The minimum absolute atomic E-state index is 0.116. The maximum atomic E-state index is 12.8. The molecule has 0 spiro atoms. The average Bonchev–Trinajstić information content (AvgIpc) is 2.97. The fourth-order valence-corrected chi connectivity index (χ4v) is 4.11. The molecule has 0 radical (unpaired) electrons. The van der Waals surface area contributed by atoms with Gasteiger partial charge in [-0.3, -0.25) is 4.79 Å². The molecule has 1 aromatic carbocycles. The lowest BCUT2D eigenvalue weighted by molar-refractivity contribution is 0.0685. The minimum Gasteiger partial charge on any atom is -0.338 e. The van der Waals surface area contributed by atoms with Crippen LogP contribution in [0.3, 0.4) is 0 Å². The lowest BCUT2D eigenvalue weighted by Gasteiger charge is -2.33. The third-order valence-electron chi connectivity index (χ3n) is 4.58. The van der Waals surface area contributed by atoms with Gasteiger partial charge in [0.05, 0.1) is 5.69 Å². The Bertz CT molecular complexity index is 673. The van der Waals surface area contributed by atoms with Crippen molar-refractivity contribution in [2.24, 2.45) is 11.7 Å². The van der Waals surface area contributed by atoms with E-state index in [-0.39, 0.29) is 11.9 Å². The Morgan fingerprint density at radius 2 is 1.96 bits per heavy atom. The molecule has 1 aliphatic rings. The lowest BCUT2D eigenvalue weighted by Crippen LogP contribution is -2.42. The Labute approximate surface area is 141 Å². The van der Waals surface area contributed by atoms with E-state index in [9.17, 15) is 4.79 Å². The number of amides is 1. The largest absolute Gasteiger partial charge is 0.338 e. The van der Waals surface area contributed by atoms with Gasteiger partial charge in [-0.05, 0) is 32.6 Å². The third-order valence-corrected chi connectivity index (χ3v) is 5.78. The topological polar surface area (TPSA) is 59.2 Å². The highest BCUT2D eigenvalue weighted by Crippen LogP contribution is 2.30. The second-order valence-corrected chi connectivity index (χ2v) is 7.29. The lowest BCUT2D eigenvalue weighted by atomic mass is 9.91. The van der Waals surface area contributed by atoms with Crippen molar-refractivity contribution in [1.82, 2.24) is 9.88 Å². The van der Waals surface area contributed by atoms with Crippen LogP contribution in [0.25, 0.3) is 10.6 Å². The van der Waals surface area contributed by atoms with Gasteiger partial charge in [0.25, 0.3) is 5.91 Å². The molecule has 2 N–H and O–H groups in total. The summed E-state index contributed by atoms with van der Waals surface area (Å²) in [5, 5.41) is 0.914. The van der Waals surface area contributed by atoms with Crippen molar-refractivity contribution in [1.29, 1.82) is 0 Å². The highest BCUT2D eigenvalue weighted by atomic mass is 32.1. The average molecular weight is 329 g/mol. The summed E-state index contributed by atoms with van der Waals surface area (Å²) in [5.41, 5.74) is 7.87. The second kappa shape index (κ2) is 6.81. The summed E-state index contributed by atoms with van der Waals surface area (Å²) in [7, 11) is 0. The second-order valence-electron chi connectivity index (χ2n) is 6.29. The van der Waals surface area contributed by atoms with E-state index < -0.39 is 0 Å². The zero-order chi connectivity index (χ0) is 16.4. The molecule has 1 aromatic heterocycles. The molecule has 1 unspecified atom stereocenters. The highest BCUT2D eigenvalue weighted by molar-refractivity contribution is 7.17. The number of hydrogen-bond donors (Lipinski definition) is 1. The smallest absolute Gasteiger partial charge is 0.265 e. The molecule has 1 fully saturated rings. The van der Waals surface area contributed by atoms with Crippen LogP contribution in [0.2, 0.25) is 0 Å². The van der Waals surface area contributed by atoms with Gasteiger partial charge < -0.3 is 10.6 Å². The van der Waals surface area contributed by atoms with E-state index in [0.29, 0.717) is 5.92 Å². The van der Waals surface area contributed by atoms with Gasteiger partial charge in [-0.2, -0.15) is 0 Å². The Morgan fingerprint density at radius 3 is 2.57 bits per heavy atom. The van der Waals surface area contributed by atoms with E-state index >= 15 is 0 Å². The van der Waals surface area contributed by atoms with Gasteiger partial charge in [-0.15, -0.1) is 11.3 Å². The van der Waals surface area contributed by atoms with Gasteiger partial charge >= 0.3 is 0 Å². The Hall–Kier alpha value is -1.72. The van der Waals surface area contributed by atoms with E-state index in [2.05, 4.69) is 11.9 Å². The van der Waals surface area contributed by atoms with Crippen LogP contribution in [0.15, 0.2) is 30.3 Å². The molecule has 5 heteroatoms. The quantitative estimate of drug-likeness (QED) is 0.940. The predicted octanol–water partition coefficient (Wildman–Crippen LogP) is 3.32.